The Hall–Kier alpha value is -3.59. The van der Waals surface area contributed by atoms with Crippen molar-refractivity contribution in [1.82, 2.24) is 26.2 Å². The fourth-order valence-corrected chi connectivity index (χ4v) is 10.2. The van der Waals surface area contributed by atoms with Gasteiger partial charge < -0.3 is 30.9 Å². The number of likely N-dealkylation sites (tertiary alicyclic amines) is 1. The first-order valence-corrected chi connectivity index (χ1v) is 20.3. The summed E-state index contributed by atoms with van der Waals surface area (Å²) in [5.41, 5.74) is 0.738. The van der Waals surface area contributed by atoms with E-state index in [-0.39, 0.29) is 42.3 Å². The van der Waals surface area contributed by atoms with Crippen LogP contribution in [-0.4, -0.2) is 99.6 Å². The summed E-state index contributed by atoms with van der Waals surface area (Å²) in [5, 5.41) is 10.5. The quantitative estimate of drug-likeness (QED) is 0.143. The number of allylic oxidation sites excluding steroid dienone is 6. The second kappa shape index (κ2) is 19.5. The molecule has 0 aromatic rings. The molecular weight excluding hydrogens is 707 g/mol. The summed E-state index contributed by atoms with van der Waals surface area (Å²) >= 11 is 3.42. The molecule has 13 nitrogen and oxygen atoms in total. The fraction of sp³-hybridized carbons (Fsp3) is 0.649. The van der Waals surface area contributed by atoms with Crippen LogP contribution >= 0.6 is 23.5 Å². The largest absolute Gasteiger partial charge is 0.449 e. The minimum Gasteiger partial charge on any atom is -0.449 e. The molecule has 0 aromatic carbocycles. The molecule has 3 fully saturated rings. The smallest absolute Gasteiger partial charge is 0.407 e. The fourth-order valence-electron chi connectivity index (χ4n) is 6.96. The van der Waals surface area contributed by atoms with Gasteiger partial charge >= 0.3 is 6.09 Å². The summed E-state index contributed by atoms with van der Waals surface area (Å²) in [6.45, 7) is 6.95. The van der Waals surface area contributed by atoms with Gasteiger partial charge in [-0.3, -0.25) is 28.8 Å². The molecule has 15 heteroatoms. The maximum atomic E-state index is 14.5. The lowest BCUT2D eigenvalue weighted by atomic mass is 9.83. The molecule has 4 rings (SSSR count). The van der Waals surface area contributed by atoms with Crippen molar-refractivity contribution in [2.45, 2.75) is 108 Å². The molecule has 4 N–H and O–H groups in total. The Balaban J connectivity index is 1.46. The molecule has 0 aromatic heterocycles. The lowest BCUT2D eigenvalue weighted by Crippen LogP contribution is -2.58. The third-order valence-electron chi connectivity index (χ3n) is 9.56. The Bertz CT molecular complexity index is 1470. The molecule has 286 valence electrons. The predicted molar refractivity (Wildman–Crippen MR) is 201 cm³/mol. The van der Waals surface area contributed by atoms with Crippen LogP contribution < -0.4 is 21.3 Å². The van der Waals surface area contributed by atoms with Gasteiger partial charge in [-0.15, -0.1) is 23.5 Å². The molecule has 1 unspecified atom stereocenters. The molecule has 5 amide bonds. The normalized spacial score (nSPS) is 21.7. The minimum absolute atomic E-state index is 0.106. The number of hydrogen-bond acceptors (Lipinski definition) is 10. The topological polar surface area (TPSA) is 180 Å². The molecule has 0 radical (unpaired) electrons. The summed E-state index contributed by atoms with van der Waals surface area (Å²) in [7, 11) is 0. The second-order valence-electron chi connectivity index (χ2n) is 14.2. The van der Waals surface area contributed by atoms with E-state index in [9.17, 15) is 33.6 Å². The molecule has 2 aliphatic carbocycles. The Labute approximate surface area is 314 Å². The van der Waals surface area contributed by atoms with Crippen molar-refractivity contribution in [3.8, 4) is 0 Å². The lowest BCUT2D eigenvalue weighted by Gasteiger charge is -2.34. The number of rotatable bonds is 15. The number of nitrogens with zero attached hydrogens (tertiary/aromatic N) is 1. The number of carbonyl (C=O) groups is 7. The van der Waals surface area contributed by atoms with Crippen LogP contribution in [-0.2, 0) is 33.5 Å². The van der Waals surface area contributed by atoms with Crippen LogP contribution in [0.25, 0.3) is 0 Å². The van der Waals surface area contributed by atoms with Crippen molar-refractivity contribution in [1.29, 1.82) is 0 Å². The van der Waals surface area contributed by atoms with E-state index in [1.807, 2.05) is 32.9 Å². The lowest BCUT2D eigenvalue weighted by molar-refractivity contribution is -0.143. The zero-order valence-corrected chi connectivity index (χ0v) is 32.3. The van der Waals surface area contributed by atoms with Gasteiger partial charge in [-0.25, -0.2) is 4.79 Å². The van der Waals surface area contributed by atoms with Gasteiger partial charge in [-0.2, -0.15) is 0 Å². The first kappa shape index (κ1) is 41.2. The number of carbonyl (C=O) groups excluding carboxylic acids is 7. The van der Waals surface area contributed by atoms with Gasteiger partial charge in [0.2, 0.25) is 23.5 Å². The highest BCUT2D eigenvalue weighted by molar-refractivity contribution is 8.21. The van der Waals surface area contributed by atoms with Crippen molar-refractivity contribution in [3.05, 3.63) is 35.6 Å². The van der Waals surface area contributed by atoms with E-state index in [4.69, 9.17) is 4.74 Å². The van der Waals surface area contributed by atoms with Crippen molar-refractivity contribution >= 4 is 64.8 Å². The molecular formula is C37H53N5O8S2. The molecule has 52 heavy (non-hydrogen) atoms. The van der Waals surface area contributed by atoms with Crippen LogP contribution in [0.4, 0.5) is 4.79 Å². The molecule has 1 saturated carbocycles. The molecule has 0 bridgehead atoms. The number of amides is 5. The highest BCUT2D eigenvalue weighted by Gasteiger charge is 2.53. The Kier molecular flexibility index (Phi) is 15.4. The van der Waals surface area contributed by atoms with Crippen LogP contribution in [0.3, 0.4) is 0 Å². The van der Waals surface area contributed by atoms with Gasteiger partial charge in [0.15, 0.2) is 5.78 Å². The summed E-state index contributed by atoms with van der Waals surface area (Å²) < 4.78 is 4.99. The summed E-state index contributed by atoms with van der Waals surface area (Å²) in [5.74, 6) is -2.13. The van der Waals surface area contributed by atoms with Crippen LogP contribution in [0, 0.1) is 11.8 Å². The SMILES string of the molecule is CCCC(NC(=O)[C@@H]1CC2(CN1C(=O)[C@@H](NC(=O)OCC(C)C)C1CCCCC1)SCCS2)C(=O)C(=O)NCC(=O)NC(C(C)=O)=C1C=CC=CC1. The summed E-state index contributed by atoms with van der Waals surface area (Å²) in [6, 6.07) is -2.98. The molecule has 2 aliphatic heterocycles. The Morgan fingerprint density at radius 2 is 1.71 bits per heavy atom. The Morgan fingerprint density at radius 1 is 1.00 bits per heavy atom. The molecule has 3 atom stereocenters. The summed E-state index contributed by atoms with van der Waals surface area (Å²) in [6.07, 6.45) is 12.4. The number of nitrogens with one attached hydrogen (secondary N) is 4. The third-order valence-corrected chi connectivity index (χ3v) is 13.0. The average Bonchev–Trinajstić information content (AvgIpc) is 3.77. The van der Waals surface area contributed by atoms with Gasteiger partial charge in [0.05, 0.1) is 29.0 Å². The Morgan fingerprint density at radius 3 is 2.33 bits per heavy atom. The van der Waals surface area contributed by atoms with Gasteiger partial charge in [0.1, 0.15) is 12.1 Å². The van der Waals surface area contributed by atoms with E-state index in [0.29, 0.717) is 31.4 Å². The molecule has 2 saturated heterocycles. The number of alkyl carbamates (subject to hydrolysis) is 1. The average molecular weight is 760 g/mol. The first-order chi connectivity index (χ1) is 24.8. The monoisotopic (exact) mass is 759 g/mol. The molecule has 2 heterocycles. The van der Waals surface area contributed by atoms with E-state index in [0.717, 1.165) is 43.6 Å². The minimum atomic E-state index is -1.19. The van der Waals surface area contributed by atoms with E-state index in [1.165, 1.54) is 6.92 Å². The number of hydrogen-bond donors (Lipinski definition) is 4. The van der Waals surface area contributed by atoms with E-state index in [2.05, 4.69) is 21.3 Å². The van der Waals surface area contributed by atoms with Crippen molar-refractivity contribution in [2.75, 3.05) is 31.2 Å². The van der Waals surface area contributed by atoms with Crippen LogP contribution in [0.1, 0.15) is 85.5 Å². The number of ether oxygens (including phenoxy) is 1. The third kappa shape index (κ3) is 11.2. The van der Waals surface area contributed by atoms with E-state index < -0.39 is 58.3 Å². The standard InChI is InChI=1S/C37H53N5O8S2/c1-5-12-27(32(45)34(47)38-20-29(44)40-30(24(4)43)25-13-8-6-9-14-25)39-33(46)28-19-37(51-17-18-52-37)22-42(28)35(48)31(26-15-10-7-11-16-26)41-36(49)50-21-23(2)3/h6,8-9,13,23,26-28,31H,5,7,10-12,14-22H2,1-4H3,(H,38,47)(H,39,46)(H,40,44)(H,41,49)/t27?,28-,31-/m0/s1. The molecule has 1 spiro atoms. The van der Waals surface area contributed by atoms with E-state index >= 15 is 0 Å². The van der Waals surface area contributed by atoms with Crippen molar-refractivity contribution in [2.24, 2.45) is 11.8 Å². The van der Waals surface area contributed by atoms with Crippen LogP contribution in [0.2, 0.25) is 0 Å². The zero-order chi connectivity index (χ0) is 37.8. The van der Waals surface area contributed by atoms with Gasteiger partial charge in [-0.1, -0.05) is 70.8 Å². The highest BCUT2D eigenvalue weighted by Crippen LogP contribution is 2.52. The molecule has 4 aliphatic rings. The van der Waals surface area contributed by atoms with Crippen molar-refractivity contribution in [3.63, 3.8) is 0 Å². The van der Waals surface area contributed by atoms with Crippen LogP contribution in [0.5, 0.6) is 0 Å². The van der Waals surface area contributed by atoms with E-state index in [1.54, 1.807) is 40.6 Å². The van der Waals surface area contributed by atoms with Crippen molar-refractivity contribution < 1.29 is 38.3 Å². The number of Topliss-reactive ketones (excluding diaryl/α,β-unsaturated/α-hetero) is 2. The maximum absolute atomic E-state index is 14.5. The predicted octanol–water partition coefficient (Wildman–Crippen LogP) is 3.54. The first-order valence-electron chi connectivity index (χ1n) is 18.3. The number of thioether (sulfide) groups is 2. The highest BCUT2D eigenvalue weighted by atomic mass is 32.2. The second-order valence-corrected chi connectivity index (χ2v) is 17.4. The summed E-state index contributed by atoms with van der Waals surface area (Å²) in [4.78, 5) is 94.3. The van der Waals surface area contributed by atoms with Gasteiger partial charge in [0, 0.05) is 31.4 Å². The maximum Gasteiger partial charge on any atom is 0.407 e. The van der Waals surface area contributed by atoms with Gasteiger partial charge in [0.25, 0.3) is 5.91 Å². The number of ketones is 2. The zero-order valence-electron chi connectivity index (χ0n) is 30.6. The van der Waals surface area contributed by atoms with Gasteiger partial charge in [-0.05, 0) is 43.1 Å². The van der Waals surface area contributed by atoms with Crippen LogP contribution in [0.15, 0.2) is 35.6 Å².